The maximum Gasteiger partial charge on any atom is 0.306 e. The maximum atomic E-state index is 12.8. The average Bonchev–Trinajstić information content (AvgIpc) is 3.18. The van der Waals surface area contributed by atoms with Crippen molar-refractivity contribution in [3.63, 3.8) is 0 Å². The second kappa shape index (κ2) is 6.03. The van der Waals surface area contributed by atoms with Gasteiger partial charge in [0.2, 0.25) is 0 Å². The minimum Gasteiger partial charge on any atom is -0.458 e. The van der Waals surface area contributed by atoms with Crippen molar-refractivity contribution >= 4 is 17.5 Å². The van der Waals surface area contributed by atoms with Gasteiger partial charge in [0.05, 0.1) is 6.10 Å². The molecule has 8 atom stereocenters. The SMILES string of the molecule is CC(=O)C1CC2=CC(=O)CC[C@]2(C)[C@H]2C[C@@H](O)[C@@]3(C)[C@@H](CC[C@@]34CCC(=O)O4)[C@H]12. The first-order valence-corrected chi connectivity index (χ1v) is 11.3. The van der Waals surface area contributed by atoms with Gasteiger partial charge in [-0.2, -0.15) is 0 Å². The summed E-state index contributed by atoms with van der Waals surface area (Å²) in [5.74, 6) is 0.596. The maximum absolute atomic E-state index is 12.8. The van der Waals surface area contributed by atoms with Crippen molar-refractivity contribution in [2.45, 2.75) is 83.8 Å². The number of aliphatic hydroxyl groups is 1. The summed E-state index contributed by atoms with van der Waals surface area (Å²) in [4.78, 5) is 37.0. The number of esters is 1. The Balaban J connectivity index is 1.61. The van der Waals surface area contributed by atoms with Crippen LogP contribution in [0.3, 0.4) is 0 Å². The molecule has 0 aromatic rings. The number of allylic oxidation sites excluding steroid dienone is 1. The smallest absolute Gasteiger partial charge is 0.306 e. The molecule has 1 aliphatic heterocycles. The molecule has 0 radical (unpaired) electrons. The second-order valence-electron chi connectivity index (χ2n) is 10.8. The van der Waals surface area contributed by atoms with E-state index in [1.165, 1.54) is 0 Å². The number of Topliss-reactive ketones (excluding diaryl/α,β-unsaturated/α-hetero) is 1. The van der Waals surface area contributed by atoms with Gasteiger partial charge in [0, 0.05) is 24.2 Å². The molecule has 4 aliphatic carbocycles. The number of aliphatic hydroxyl groups excluding tert-OH is 1. The number of hydrogen-bond acceptors (Lipinski definition) is 5. The number of ether oxygens (including phenoxy) is 1. The number of carbonyl (C=O) groups excluding carboxylic acids is 3. The van der Waals surface area contributed by atoms with Crippen LogP contribution in [0.1, 0.15) is 72.1 Å². The van der Waals surface area contributed by atoms with Crippen molar-refractivity contribution in [1.82, 2.24) is 0 Å². The van der Waals surface area contributed by atoms with Crippen LogP contribution in [0.15, 0.2) is 11.6 Å². The summed E-state index contributed by atoms with van der Waals surface area (Å²) in [7, 11) is 0. The first-order valence-electron chi connectivity index (χ1n) is 11.3. The van der Waals surface area contributed by atoms with E-state index < -0.39 is 17.1 Å². The van der Waals surface area contributed by atoms with E-state index in [1.54, 1.807) is 13.0 Å². The molecule has 1 unspecified atom stereocenters. The van der Waals surface area contributed by atoms with Crippen LogP contribution >= 0.6 is 0 Å². The highest BCUT2D eigenvalue weighted by molar-refractivity contribution is 5.92. The number of carbonyl (C=O) groups is 3. The normalized spacial score (nSPS) is 51.2. The Hall–Kier alpha value is -1.49. The second-order valence-corrected chi connectivity index (χ2v) is 10.8. The number of fused-ring (bicyclic) bond motifs is 6. The third-order valence-corrected chi connectivity index (χ3v) is 9.96. The lowest BCUT2D eigenvalue weighted by Crippen LogP contribution is -2.63. The van der Waals surface area contributed by atoms with Gasteiger partial charge in [0.1, 0.15) is 11.4 Å². The Bertz CT molecular complexity index is 829. The van der Waals surface area contributed by atoms with Crippen LogP contribution in [-0.4, -0.2) is 34.3 Å². The topological polar surface area (TPSA) is 80.7 Å². The quantitative estimate of drug-likeness (QED) is 0.683. The van der Waals surface area contributed by atoms with E-state index in [1.807, 2.05) is 0 Å². The van der Waals surface area contributed by atoms with Crippen LogP contribution in [0.4, 0.5) is 0 Å². The molecular formula is C24H32O5. The van der Waals surface area contributed by atoms with Crippen molar-refractivity contribution in [2.24, 2.45) is 34.5 Å². The Labute approximate surface area is 172 Å². The highest BCUT2D eigenvalue weighted by Crippen LogP contribution is 2.70. The van der Waals surface area contributed by atoms with Gasteiger partial charge >= 0.3 is 5.97 Å². The summed E-state index contributed by atoms with van der Waals surface area (Å²) in [6, 6.07) is 0. The number of ketones is 2. The molecule has 1 N–H and O–H groups in total. The zero-order valence-electron chi connectivity index (χ0n) is 17.7. The van der Waals surface area contributed by atoms with Crippen molar-refractivity contribution in [3.8, 4) is 0 Å². The van der Waals surface area contributed by atoms with E-state index in [0.29, 0.717) is 32.1 Å². The first kappa shape index (κ1) is 19.5. The molecule has 5 rings (SSSR count). The zero-order valence-corrected chi connectivity index (χ0v) is 17.7. The lowest BCUT2D eigenvalue weighted by atomic mass is 9.43. The van der Waals surface area contributed by atoms with Gasteiger partial charge in [0.15, 0.2) is 5.78 Å². The van der Waals surface area contributed by atoms with Gasteiger partial charge in [-0.3, -0.25) is 14.4 Å². The summed E-state index contributed by atoms with van der Waals surface area (Å²) < 4.78 is 5.93. The molecule has 5 nitrogen and oxygen atoms in total. The monoisotopic (exact) mass is 400 g/mol. The molecule has 4 fully saturated rings. The standard InChI is InChI=1S/C24H32O5/c1-13(25)16-11-14-10-15(26)4-7-22(14,2)18-12-19(27)23(3)17(21(16)18)5-8-24(23)9-6-20(28)29-24/h10,16-19,21,27H,4-9,11-12H2,1-3H3/t16?,17-,18-,19+,21-,22-,23+,24+/m0/s1. The molecule has 29 heavy (non-hydrogen) atoms. The van der Waals surface area contributed by atoms with Gasteiger partial charge in [-0.05, 0) is 74.7 Å². The minimum absolute atomic E-state index is 0.116. The molecule has 5 aliphatic rings. The lowest BCUT2D eigenvalue weighted by Gasteiger charge is -2.62. The molecule has 1 heterocycles. The van der Waals surface area contributed by atoms with Crippen LogP contribution < -0.4 is 0 Å². The third kappa shape index (κ3) is 2.34. The van der Waals surface area contributed by atoms with Crippen LogP contribution in [0.5, 0.6) is 0 Å². The fourth-order valence-electron chi connectivity index (χ4n) is 8.26. The van der Waals surface area contributed by atoms with Gasteiger partial charge in [-0.15, -0.1) is 0 Å². The predicted molar refractivity (Wildman–Crippen MR) is 106 cm³/mol. The van der Waals surface area contributed by atoms with Gasteiger partial charge < -0.3 is 9.84 Å². The summed E-state index contributed by atoms with van der Waals surface area (Å²) in [6.45, 7) is 6.03. The fourth-order valence-corrected chi connectivity index (χ4v) is 8.26. The van der Waals surface area contributed by atoms with Crippen LogP contribution in [0.25, 0.3) is 0 Å². The molecule has 5 heteroatoms. The van der Waals surface area contributed by atoms with Crippen LogP contribution in [0, 0.1) is 34.5 Å². The van der Waals surface area contributed by atoms with Crippen molar-refractivity contribution in [2.75, 3.05) is 0 Å². The van der Waals surface area contributed by atoms with Crippen molar-refractivity contribution in [1.29, 1.82) is 0 Å². The third-order valence-electron chi connectivity index (χ3n) is 9.96. The summed E-state index contributed by atoms with van der Waals surface area (Å²) >= 11 is 0. The molecular weight excluding hydrogens is 368 g/mol. The Kier molecular flexibility index (Phi) is 4.05. The molecule has 1 saturated heterocycles. The molecule has 158 valence electrons. The largest absolute Gasteiger partial charge is 0.458 e. The molecule has 0 aromatic heterocycles. The van der Waals surface area contributed by atoms with E-state index in [4.69, 9.17) is 4.74 Å². The van der Waals surface area contributed by atoms with Crippen molar-refractivity contribution in [3.05, 3.63) is 11.6 Å². The highest BCUT2D eigenvalue weighted by Gasteiger charge is 2.71. The van der Waals surface area contributed by atoms with Crippen LogP contribution in [-0.2, 0) is 19.1 Å². The molecule has 1 spiro atoms. The number of rotatable bonds is 1. The fraction of sp³-hybridized carbons (Fsp3) is 0.792. The highest BCUT2D eigenvalue weighted by atomic mass is 16.6. The molecule has 3 saturated carbocycles. The minimum atomic E-state index is -0.583. The summed E-state index contributed by atoms with van der Waals surface area (Å²) in [6.07, 6.45) is 6.63. The van der Waals surface area contributed by atoms with Gasteiger partial charge in [0.25, 0.3) is 0 Å². The van der Waals surface area contributed by atoms with E-state index in [-0.39, 0.29) is 46.6 Å². The average molecular weight is 401 g/mol. The van der Waals surface area contributed by atoms with Gasteiger partial charge in [-0.1, -0.05) is 19.4 Å². The predicted octanol–water partition coefficient (Wildman–Crippen LogP) is 3.38. The zero-order chi connectivity index (χ0) is 20.8. The molecule has 0 amide bonds. The molecule has 0 aromatic carbocycles. The Morgan fingerprint density at radius 3 is 2.55 bits per heavy atom. The molecule has 0 bridgehead atoms. The lowest BCUT2D eigenvalue weighted by molar-refractivity contribution is -0.203. The summed E-state index contributed by atoms with van der Waals surface area (Å²) in [5, 5.41) is 11.5. The number of hydrogen-bond donors (Lipinski definition) is 1. The van der Waals surface area contributed by atoms with Gasteiger partial charge in [-0.25, -0.2) is 0 Å². The van der Waals surface area contributed by atoms with E-state index in [9.17, 15) is 19.5 Å². The first-order chi connectivity index (χ1) is 13.6. The summed E-state index contributed by atoms with van der Waals surface area (Å²) in [5.41, 5.74) is -0.101. The Morgan fingerprint density at radius 2 is 1.90 bits per heavy atom. The van der Waals surface area contributed by atoms with E-state index in [0.717, 1.165) is 24.8 Å². The van der Waals surface area contributed by atoms with Crippen molar-refractivity contribution < 1.29 is 24.2 Å². The van der Waals surface area contributed by atoms with E-state index in [2.05, 4.69) is 13.8 Å². The Morgan fingerprint density at radius 1 is 1.14 bits per heavy atom. The van der Waals surface area contributed by atoms with Crippen LogP contribution in [0.2, 0.25) is 0 Å². The van der Waals surface area contributed by atoms with E-state index >= 15 is 0 Å².